The number of hydrogen-bond donors (Lipinski definition) is 0. The van der Waals surface area contributed by atoms with E-state index >= 15 is 0 Å². The predicted molar refractivity (Wildman–Crippen MR) is 124 cm³/mol. The fourth-order valence-electron chi connectivity index (χ4n) is 4.01. The number of halogens is 4. The van der Waals surface area contributed by atoms with E-state index in [0.29, 0.717) is 24.3 Å². The van der Waals surface area contributed by atoms with Crippen LogP contribution < -0.4 is 0 Å². The summed E-state index contributed by atoms with van der Waals surface area (Å²) < 4.78 is 69.6. The molecule has 3 aromatic carbocycles. The van der Waals surface area contributed by atoms with Crippen molar-refractivity contribution in [2.24, 2.45) is 5.92 Å². The number of benzene rings is 3. The third-order valence-corrected chi connectivity index (χ3v) is 6.00. The second-order valence-electron chi connectivity index (χ2n) is 8.24. The minimum absolute atomic E-state index is 0.00224. The van der Waals surface area contributed by atoms with Crippen LogP contribution in [0.4, 0.5) is 17.6 Å². The van der Waals surface area contributed by atoms with Gasteiger partial charge >= 0.3 is 0 Å². The zero-order valence-electron chi connectivity index (χ0n) is 18.5. The number of hydrogen-bond acceptors (Lipinski definition) is 2. The van der Waals surface area contributed by atoms with Crippen LogP contribution >= 0.6 is 0 Å². The van der Waals surface area contributed by atoms with E-state index < -0.39 is 29.6 Å². The fourth-order valence-corrected chi connectivity index (χ4v) is 4.01. The van der Waals surface area contributed by atoms with Gasteiger partial charge in [0, 0.05) is 22.6 Å². The minimum atomic E-state index is -1.04. The summed E-state index contributed by atoms with van der Waals surface area (Å²) in [6, 6.07) is 11.9. The quantitative estimate of drug-likeness (QED) is 0.215. The van der Waals surface area contributed by atoms with Gasteiger partial charge < -0.3 is 9.47 Å². The van der Waals surface area contributed by atoms with Crippen molar-refractivity contribution in [1.29, 1.82) is 0 Å². The Morgan fingerprint density at radius 3 is 1.91 bits per heavy atom. The first-order chi connectivity index (χ1) is 16.4. The van der Waals surface area contributed by atoms with Gasteiger partial charge in [-0.2, -0.15) is 0 Å². The molecule has 0 aromatic heterocycles. The van der Waals surface area contributed by atoms with Gasteiger partial charge in [-0.05, 0) is 29.5 Å². The third-order valence-electron chi connectivity index (χ3n) is 6.00. The molecule has 34 heavy (non-hydrogen) atoms. The van der Waals surface area contributed by atoms with E-state index in [1.54, 1.807) is 0 Å². The summed E-state index contributed by atoms with van der Waals surface area (Å²) in [4.78, 5) is 0. The average molecular weight is 466 g/mol. The van der Waals surface area contributed by atoms with Crippen molar-refractivity contribution in [2.45, 2.75) is 25.5 Å². The second-order valence-corrected chi connectivity index (χ2v) is 8.24. The van der Waals surface area contributed by atoms with Gasteiger partial charge in [0.1, 0.15) is 0 Å². The largest absolute Gasteiger partial charge is 0.348 e. The van der Waals surface area contributed by atoms with Crippen LogP contribution in [0.3, 0.4) is 0 Å². The maximum Gasteiger partial charge on any atom is 0.186 e. The zero-order chi connectivity index (χ0) is 24.2. The summed E-state index contributed by atoms with van der Waals surface area (Å²) in [5, 5.41) is 0. The molecular formula is C27H23BF4O2. The van der Waals surface area contributed by atoms with Crippen molar-refractivity contribution in [2.75, 3.05) is 13.2 Å². The summed E-state index contributed by atoms with van der Waals surface area (Å²) in [5.74, 6) is -3.88. The molecule has 7 heteroatoms. The first-order valence-electron chi connectivity index (χ1n) is 11.0. The normalized spacial score (nSPS) is 18.1. The smallest absolute Gasteiger partial charge is 0.186 e. The van der Waals surface area contributed by atoms with E-state index in [-0.39, 0.29) is 34.5 Å². The van der Waals surface area contributed by atoms with Gasteiger partial charge in [0.05, 0.1) is 21.1 Å². The number of allylic oxidation sites excluding steroid dienone is 1. The minimum Gasteiger partial charge on any atom is -0.348 e. The molecule has 174 valence electrons. The van der Waals surface area contributed by atoms with Crippen LogP contribution in [0.2, 0.25) is 0 Å². The summed E-state index contributed by atoms with van der Waals surface area (Å²) in [5.41, 5.74) is 0.961. The van der Waals surface area contributed by atoms with Crippen molar-refractivity contribution >= 4 is 7.85 Å². The SMILES string of the molecule is [B]Cc1ccc(-c2ccc(-c3ccc(C4OCC(CCC=C)CO4)c(F)c3F)cc2)c(F)c1F. The Labute approximate surface area is 197 Å². The molecule has 0 unspecified atom stereocenters. The monoisotopic (exact) mass is 466 g/mol. The van der Waals surface area contributed by atoms with Crippen LogP contribution in [0.1, 0.15) is 30.3 Å². The van der Waals surface area contributed by atoms with Crippen LogP contribution in [0.15, 0.2) is 61.2 Å². The molecule has 1 aliphatic heterocycles. The molecule has 0 atom stereocenters. The Bertz CT molecular complexity index is 1170. The van der Waals surface area contributed by atoms with Crippen molar-refractivity contribution in [3.63, 3.8) is 0 Å². The van der Waals surface area contributed by atoms with Crippen molar-refractivity contribution in [3.05, 3.63) is 95.6 Å². The lowest BCUT2D eigenvalue weighted by atomic mass is 9.93. The molecule has 1 aliphatic rings. The molecule has 0 spiro atoms. The van der Waals surface area contributed by atoms with Crippen molar-refractivity contribution < 1.29 is 27.0 Å². The predicted octanol–water partition coefficient (Wildman–Crippen LogP) is 6.87. The number of ether oxygens (including phenoxy) is 2. The van der Waals surface area contributed by atoms with Gasteiger partial charge in [0.2, 0.25) is 0 Å². The van der Waals surface area contributed by atoms with Gasteiger partial charge in [-0.25, -0.2) is 17.6 Å². The first-order valence-corrected chi connectivity index (χ1v) is 11.0. The zero-order valence-corrected chi connectivity index (χ0v) is 18.5. The van der Waals surface area contributed by atoms with Gasteiger partial charge in [0.15, 0.2) is 29.6 Å². The first kappa shape index (κ1) is 24.2. The lowest BCUT2D eigenvalue weighted by Gasteiger charge is -2.29. The van der Waals surface area contributed by atoms with Gasteiger partial charge in [-0.1, -0.05) is 60.9 Å². The van der Waals surface area contributed by atoms with E-state index in [2.05, 4.69) is 6.58 Å². The lowest BCUT2D eigenvalue weighted by molar-refractivity contribution is -0.207. The maximum absolute atomic E-state index is 15.0. The Morgan fingerprint density at radius 1 is 0.794 bits per heavy atom. The molecule has 0 aliphatic carbocycles. The van der Waals surface area contributed by atoms with Crippen LogP contribution in [0.25, 0.3) is 22.3 Å². The molecule has 0 bridgehead atoms. The van der Waals surface area contributed by atoms with Gasteiger partial charge in [-0.15, -0.1) is 6.58 Å². The lowest BCUT2D eigenvalue weighted by Crippen LogP contribution is -2.27. The van der Waals surface area contributed by atoms with E-state index in [1.807, 2.05) is 6.08 Å². The highest BCUT2D eigenvalue weighted by Crippen LogP contribution is 2.34. The molecule has 1 heterocycles. The summed E-state index contributed by atoms with van der Waals surface area (Å²) in [7, 11) is 5.41. The third kappa shape index (κ3) is 4.81. The molecule has 1 fully saturated rings. The Balaban J connectivity index is 1.54. The molecule has 0 amide bonds. The van der Waals surface area contributed by atoms with Crippen LogP contribution in [0, 0.1) is 29.2 Å². The topological polar surface area (TPSA) is 18.5 Å². The Morgan fingerprint density at radius 2 is 1.35 bits per heavy atom. The number of rotatable bonds is 7. The van der Waals surface area contributed by atoms with E-state index in [0.717, 1.165) is 12.8 Å². The standard InChI is InChI=1S/C27H23BF4O2/c1-2-3-4-16-14-33-27(34-15-16)22-12-11-21(25(31)26(22)32)18-7-5-17(6-8-18)20-10-9-19(13-28)23(29)24(20)30/h2,5-12,16,27H,1,3-4,13-15H2. The van der Waals surface area contributed by atoms with Crippen LogP contribution in [0.5, 0.6) is 0 Å². The highest BCUT2D eigenvalue weighted by atomic mass is 19.2. The molecule has 0 N–H and O–H groups in total. The molecule has 2 nitrogen and oxygen atoms in total. The fraction of sp³-hybridized carbons (Fsp3) is 0.259. The summed E-state index contributed by atoms with van der Waals surface area (Å²) in [6.07, 6.45) is 2.42. The van der Waals surface area contributed by atoms with Gasteiger partial charge in [0.25, 0.3) is 0 Å². The van der Waals surface area contributed by atoms with E-state index in [4.69, 9.17) is 17.3 Å². The highest BCUT2D eigenvalue weighted by Gasteiger charge is 2.27. The molecular weight excluding hydrogens is 443 g/mol. The summed E-state index contributed by atoms with van der Waals surface area (Å²) in [6.45, 7) is 4.48. The van der Waals surface area contributed by atoms with E-state index in [1.165, 1.54) is 48.5 Å². The molecule has 0 saturated carbocycles. The average Bonchev–Trinajstić information content (AvgIpc) is 2.87. The molecule has 2 radical (unpaired) electrons. The van der Waals surface area contributed by atoms with Crippen molar-refractivity contribution in [1.82, 2.24) is 0 Å². The Kier molecular flexibility index (Phi) is 7.54. The van der Waals surface area contributed by atoms with Crippen LogP contribution in [-0.2, 0) is 15.8 Å². The highest BCUT2D eigenvalue weighted by molar-refractivity contribution is 6.08. The van der Waals surface area contributed by atoms with Crippen molar-refractivity contribution in [3.8, 4) is 22.3 Å². The molecule has 3 aromatic rings. The summed E-state index contributed by atoms with van der Waals surface area (Å²) >= 11 is 0. The maximum atomic E-state index is 15.0. The molecule has 1 saturated heterocycles. The molecule has 4 rings (SSSR count). The van der Waals surface area contributed by atoms with Gasteiger partial charge in [-0.3, -0.25) is 0 Å². The van der Waals surface area contributed by atoms with E-state index in [9.17, 15) is 17.6 Å². The second kappa shape index (κ2) is 10.6. The Hall–Kier alpha value is -2.90. The van der Waals surface area contributed by atoms with Crippen LogP contribution in [-0.4, -0.2) is 21.1 Å².